The Kier molecular flexibility index (Phi) is 3.94. The van der Waals surface area contributed by atoms with Crippen LogP contribution in [0.4, 0.5) is 11.6 Å². The first-order valence-corrected chi connectivity index (χ1v) is 8.48. The van der Waals surface area contributed by atoms with Crippen LogP contribution in [0.15, 0.2) is 47.4 Å². The molecule has 0 aliphatic rings. The number of fused-ring (bicyclic) bond motifs is 1. The number of nitrogens with zero attached hydrogens (tertiary/aromatic N) is 3. The number of aliphatic hydroxyl groups is 1. The van der Waals surface area contributed by atoms with Crippen molar-refractivity contribution in [1.82, 2.24) is 19.9 Å². The SMILES string of the molecule is OCCc1ccc(Nc2nc(-c3ccsc3)c3[nH]cnc3n2)cc1. The number of anilines is 2. The fraction of sp³-hybridized carbons (Fsp3) is 0.118. The number of rotatable bonds is 5. The highest BCUT2D eigenvalue weighted by Gasteiger charge is 2.12. The Morgan fingerprint density at radius 1 is 1.12 bits per heavy atom. The third-order valence-corrected chi connectivity index (χ3v) is 4.37. The number of aromatic amines is 1. The second kappa shape index (κ2) is 6.38. The predicted octanol–water partition coefficient (Wildman–Crippen LogP) is 3.36. The standard InChI is InChI=1S/C17H15N5OS/c23-7-5-11-1-3-13(4-2-11)20-17-21-14(12-6-8-24-9-12)15-16(22-17)19-10-18-15/h1-4,6,8-10,23H,5,7H2,(H2,18,19,20,21,22). The zero-order chi connectivity index (χ0) is 16.4. The van der Waals surface area contributed by atoms with Gasteiger partial charge in [-0.1, -0.05) is 12.1 Å². The molecule has 3 heterocycles. The van der Waals surface area contributed by atoms with Gasteiger partial charge in [-0.25, -0.2) is 9.97 Å². The molecular formula is C17H15N5OS. The maximum absolute atomic E-state index is 8.98. The van der Waals surface area contributed by atoms with Crippen LogP contribution in [0.3, 0.4) is 0 Å². The molecule has 6 nitrogen and oxygen atoms in total. The normalized spacial score (nSPS) is 11.0. The Bertz CT molecular complexity index is 947. The minimum absolute atomic E-state index is 0.149. The summed E-state index contributed by atoms with van der Waals surface area (Å²) >= 11 is 1.63. The molecule has 0 saturated carbocycles. The van der Waals surface area contributed by atoms with Crippen molar-refractivity contribution >= 4 is 34.1 Å². The minimum atomic E-state index is 0.149. The van der Waals surface area contributed by atoms with Crippen molar-refractivity contribution in [3.63, 3.8) is 0 Å². The summed E-state index contributed by atoms with van der Waals surface area (Å²) < 4.78 is 0. The molecule has 1 aromatic carbocycles. The molecule has 7 heteroatoms. The summed E-state index contributed by atoms with van der Waals surface area (Å²) in [6.07, 6.45) is 2.28. The van der Waals surface area contributed by atoms with Gasteiger partial charge in [0.2, 0.25) is 5.95 Å². The highest BCUT2D eigenvalue weighted by molar-refractivity contribution is 7.08. The largest absolute Gasteiger partial charge is 0.396 e. The molecule has 0 saturated heterocycles. The number of thiophene rings is 1. The third-order valence-electron chi connectivity index (χ3n) is 3.69. The first-order valence-electron chi connectivity index (χ1n) is 7.54. The van der Waals surface area contributed by atoms with E-state index in [1.165, 1.54) is 0 Å². The molecule has 0 radical (unpaired) electrons. The molecule has 0 bridgehead atoms. The van der Waals surface area contributed by atoms with Crippen LogP contribution in [0.2, 0.25) is 0 Å². The lowest BCUT2D eigenvalue weighted by atomic mass is 10.1. The molecule has 3 aromatic heterocycles. The molecule has 0 fully saturated rings. The van der Waals surface area contributed by atoms with E-state index in [1.807, 2.05) is 35.7 Å². The van der Waals surface area contributed by atoms with Crippen molar-refractivity contribution in [2.45, 2.75) is 6.42 Å². The summed E-state index contributed by atoms with van der Waals surface area (Å²) in [5.41, 5.74) is 5.31. The summed E-state index contributed by atoms with van der Waals surface area (Å²) in [4.78, 5) is 16.5. The number of H-pyrrole nitrogens is 1. The van der Waals surface area contributed by atoms with Crippen molar-refractivity contribution < 1.29 is 5.11 Å². The Morgan fingerprint density at radius 2 is 2.00 bits per heavy atom. The maximum Gasteiger partial charge on any atom is 0.229 e. The molecule has 0 spiro atoms. The summed E-state index contributed by atoms with van der Waals surface area (Å²) in [5, 5.41) is 16.3. The van der Waals surface area contributed by atoms with Crippen molar-refractivity contribution in [1.29, 1.82) is 0 Å². The number of nitrogens with one attached hydrogen (secondary N) is 2. The smallest absolute Gasteiger partial charge is 0.229 e. The molecule has 120 valence electrons. The molecular weight excluding hydrogens is 322 g/mol. The average molecular weight is 337 g/mol. The molecule has 3 N–H and O–H groups in total. The number of imidazole rings is 1. The summed E-state index contributed by atoms with van der Waals surface area (Å²) in [7, 11) is 0. The molecule has 0 amide bonds. The molecule has 4 aromatic rings. The minimum Gasteiger partial charge on any atom is -0.396 e. The number of hydrogen-bond acceptors (Lipinski definition) is 6. The first kappa shape index (κ1) is 14.8. The highest BCUT2D eigenvalue weighted by atomic mass is 32.1. The van der Waals surface area contributed by atoms with Crippen LogP contribution in [0, 0.1) is 0 Å². The molecule has 4 rings (SSSR count). The molecule has 0 aliphatic heterocycles. The van der Waals surface area contributed by atoms with Gasteiger partial charge in [-0.3, -0.25) is 0 Å². The van der Waals surface area contributed by atoms with Crippen molar-refractivity contribution in [3.8, 4) is 11.3 Å². The fourth-order valence-corrected chi connectivity index (χ4v) is 3.15. The second-order valence-corrected chi connectivity index (χ2v) is 6.08. The van der Waals surface area contributed by atoms with Gasteiger partial charge >= 0.3 is 0 Å². The Labute approximate surface area is 142 Å². The van der Waals surface area contributed by atoms with E-state index in [9.17, 15) is 0 Å². The van der Waals surface area contributed by atoms with Crippen LogP contribution in [0.1, 0.15) is 5.56 Å². The topological polar surface area (TPSA) is 86.7 Å². The van der Waals surface area contributed by atoms with Crippen LogP contribution in [-0.4, -0.2) is 31.6 Å². The zero-order valence-corrected chi connectivity index (χ0v) is 13.5. The van der Waals surface area contributed by atoms with Gasteiger partial charge in [-0.15, -0.1) is 0 Å². The monoisotopic (exact) mass is 337 g/mol. The van der Waals surface area contributed by atoms with Gasteiger partial charge < -0.3 is 15.4 Å². The number of aliphatic hydroxyl groups excluding tert-OH is 1. The Balaban J connectivity index is 1.69. The van der Waals surface area contributed by atoms with Crippen LogP contribution in [-0.2, 0) is 6.42 Å². The van der Waals surface area contributed by atoms with E-state index < -0.39 is 0 Å². The third kappa shape index (κ3) is 2.86. The lowest BCUT2D eigenvalue weighted by Gasteiger charge is -2.08. The number of benzene rings is 1. The van der Waals surface area contributed by atoms with Crippen LogP contribution in [0.5, 0.6) is 0 Å². The van der Waals surface area contributed by atoms with Gasteiger partial charge in [0.25, 0.3) is 0 Å². The van der Waals surface area contributed by atoms with Gasteiger partial charge in [0.15, 0.2) is 5.65 Å². The van der Waals surface area contributed by atoms with Gasteiger partial charge in [-0.2, -0.15) is 16.3 Å². The van der Waals surface area contributed by atoms with Gasteiger partial charge in [-0.05, 0) is 35.6 Å². The first-order chi connectivity index (χ1) is 11.8. The Morgan fingerprint density at radius 3 is 2.75 bits per heavy atom. The maximum atomic E-state index is 8.98. The van der Waals surface area contributed by atoms with Crippen LogP contribution < -0.4 is 5.32 Å². The predicted molar refractivity (Wildman–Crippen MR) is 95.5 cm³/mol. The fourth-order valence-electron chi connectivity index (χ4n) is 2.51. The van der Waals surface area contributed by atoms with E-state index >= 15 is 0 Å². The van der Waals surface area contributed by atoms with E-state index in [0.29, 0.717) is 18.0 Å². The summed E-state index contributed by atoms with van der Waals surface area (Å²) in [6.45, 7) is 0.149. The summed E-state index contributed by atoms with van der Waals surface area (Å²) in [5.74, 6) is 0.505. The van der Waals surface area contributed by atoms with Crippen molar-refractivity contribution in [2.75, 3.05) is 11.9 Å². The van der Waals surface area contributed by atoms with Crippen LogP contribution >= 0.6 is 11.3 Å². The highest BCUT2D eigenvalue weighted by Crippen LogP contribution is 2.27. The quantitative estimate of drug-likeness (QED) is 0.520. The van der Waals surface area contributed by atoms with Crippen molar-refractivity contribution in [3.05, 3.63) is 53.0 Å². The lowest BCUT2D eigenvalue weighted by Crippen LogP contribution is -2.00. The van der Waals surface area contributed by atoms with Gasteiger partial charge in [0, 0.05) is 23.2 Å². The molecule has 0 atom stereocenters. The van der Waals surface area contributed by atoms with E-state index in [1.54, 1.807) is 17.7 Å². The summed E-state index contributed by atoms with van der Waals surface area (Å²) in [6, 6.07) is 9.89. The van der Waals surface area contributed by atoms with Crippen LogP contribution in [0.25, 0.3) is 22.4 Å². The van der Waals surface area contributed by atoms with Gasteiger partial charge in [0.05, 0.1) is 6.33 Å². The van der Waals surface area contributed by atoms with Crippen molar-refractivity contribution in [2.24, 2.45) is 0 Å². The number of hydrogen-bond donors (Lipinski definition) is 3. The molecule has 24 heavy (non-hydrogen) atoms. The lowest BCUT2D eigenvalue weighted by molar-refractivity contribution is 0.299. The molecule has 0 aliphatic carbocycles. The Hall–Kier alpha value is -2.77. The van der Waals surface area contributed by atoms with E-state index in [-0.39, 0.29) is 6.61 Å². The second-order valence-electron chi connectivity index (χ2n) is 5.30. The number of aromatic nitrogens is 4. The van der Waals surface area contributed by atoms with Gasteiger partial charge in [0.1, 0.15) is 11.2 Å². The van der Waals surface area contributed by atoms with E-state index in [4.69, 9.17) is 5.11 Å². The molecule has 0 unspecified atom stereocenters. The van der Waals surface area contributed by atoms with E-state index in [2.05, 4.69) is 30.6 Å². The average Bonchev–Trinajstić information content (AvgIpc) is 3.27. The zero-order valence-electron chi connectivity index (χ0n) is 12.7. The van der Waals surface area contributed by atoms with E-state index in [0.717, 1.165) is 28.0 Å².